The highest BCUT2D eigenvalue weighted by atomic mass is 16.6. The van der Waals surface area contributed by atoms with Gasteiger partial charge in [-0.2, -0.15) is 0 Å². The van der Waals surface area contributed by atoms with Gasteiger partial charge < -0.3 is 23.7 Å². The molecule has 5 rings (SSSR count). The van der Waals surface area contributed by atoms with Gasteiger partial charge in [0.25, 0.3) is 0 Å². The van der Waals surface area contributed by atoms with E-state index in [0.29, 0.717) is 18.4 Å². The molecule has 1 saturated heterocycles. The molecule has 2 heterocycles. The number of carbonyl (C=O) groups is 4. The van der Waals surface area contributed by atoms with E-state index in [1.54, 1.807) is 44.6 Å². The van der Waals surface area contributed by atoms with Gasteiger partial charge in [0.2, 0.25) is 0 Å². The Bertz CT molecular complexity index is 1340. The van der Waals surface area contributed by atoms with Crippen molar-refractivity contribution in [2.24, 2.45) is 34.0 Å². The Hall–Kier alpha value is -3.20. The molecule has 2 saturated carbocycles. The van der Waals surface area contributed by atoms with E-state index in [1.165, 1.54) is 7.11 Å². The molecule has 3 aliphatic carbocycles. The Labute approximate surface area is 240 Å². The number of ether oxygens (including phenoxy) is 3. The third kappa shape index (κ3) is 4.06. The SMILES string of the molecule is CC=C(C)C(=O)O[C@H]1C(C)(C)[C@H](CC(=O)OC)[C@]2(C)C(=O)[C@@]1(O)C=C1[C@H]2CC[C@]2(C)[C@H]1CC(=O)O[C@H]2c1ccoc1. The second kappa shape index (κ2) is 9.68. The van der Waals surface area contributed by atoms with Gasteiger partial charge in [-0.15, -0.1) is 0 Å². The van der Waals surface area contributed by atoms with Gasteiger partial charge in [0.1, 0.15) is 12.2 Å². The number of hydrogen-bond donors (Lipinski definition) is 1. The molecule has 1 N–H and O–H groups in total. The highest BCUT2D eigenvalue weighted by Crippen LogP contribution is 2.69. The average Bonchev–Trinajstić information content (AvgIpc) is 3.46. The number of furan rings is 1. The predicted molar refractivity (Wildman–Crippen MR) is 146 cm³/mol. The Balaban J connectivity index is 1.71. The molecule has 41 heavy (non-hydrogen) atoms. The van der Waals surface area contributed by atoms with E-state index >= 15 is 0 Å². The topological polar surface area (TPSA) is 129 Å². The van der Waals surface area contributed by atoms with Crippen molar-refractivity contribution in [1.29, 1.82) is 0 Å². The number of aliphatic hydroxyl groups is 1. The molecule has 4 aliphatic rings. The quantitative estimate of drug-likeness (QED) is 0.234. The highest BCUT2D eigenvalue weighted by molar-refractivity contribution is 5.99. The minimum atomic E-state index is -2.16. The molecule has 222 valence electrons. The number of allylic oxidation sites excluding steroid dienone is 2. The first kappa shape index (κ1) is 29.3. The van der Waals surface area contributed by atoms with Crippen LogP contribution in [0.15, 0.2) is 46.3 Å². The van der Waals surface area contributed by atoms with E-state index in [-0.39, 0.29) is 30.6 Å². The van der Waals surface area contributed by atoms with E-state index in [2.05, 4.69) is 6.92 Å². The molecular weight excluding hydrogens is 528 g/mol. The fourth-order valence-electron chi connectivity index (χ4n) is 8.60. The van der Waals surface area contributed by atoms with Gasteiger partial charge in [-0.05, 0) is 56.6 Å². The van der Waals surface area contributed by atoms with Gasteiger partial charge in [0, 0.05) is 33.8 Å². The van der Waals surface area contributed by atoms with Crippen molar-refractivity contribution in [3.8, 4) is 0 Å². The number of Topliss-reactive ketones (excluding diaryl/α,β-unsaturated/α-hetero) is 1. The van der Waals surface area contributed by atoms with Gasteiger partial charge in [-0.25, -0.2) is 4.79 Å². The van der Waals surface area contributed by atoms with Crippen molar-refractivity contribution >= 4 is 23.7 Å². The lowest BCUT2D eigenvalue weighted by atomic mass is 9.39. The second-order valence-corrected chi connectivity index (χ2v) is 13.3. The molecule has 1 aromatic heterocycles. The summed E-state index contributed by atoms with van der Waals surface area (Å²) in [5.41, 5.74) is -3.03. The van der Waals surface area contributed by atoms with Gasteiger partial charge in [-0.1, -0.05) is 39.3 Å². The molecule has 0 spiro atoms. The zero-order chi connectivity index (χ0) is 30.1. The summed E-state index contributed by atoms with van der Waals surface area (Å²) in [6, 6.07) is 1.79. The Kier molecular flexibility index (Phi) is 6.92. The highest BCUT2D eigenvalue weighted by Gasteiger charge is 2.73. The van der Waals surface area contributed by atoms with Crippen LogP contribution in [0.5, 0.6) is 0 Å². The number of cyclic esters (lactones) is 1. The van der Waals surface area contributed by atoms with Crippen LogP contribution in [0.1, 0.15) is 78.9 Å². The molecule has 2 bridgehead atoms. The summed E-state index contributed by atoms with van der Waals surface area (Å²) in [6.07, 6.45) is 5.67. The number of carbonyl (C=O) groups excluding carboxylic acids is 4. The zero-order valence-corrected chi connectivity index (χ0v) is 24.8. The van der Waals surface area contributed by atoms with Gasteiger partial charge in [0.05, 0.1) is 26.1 Å². The van der Waals surface area contributed by atoms with Crippen molar-refractivity contribution in [1.82, 2.24) is 0 Å². The van der Waals surface area contributed by atoms with E-state index in [4.69, 9.17) is 18.6 Å². The number of hydrogen-bond acceptors (Lipinski definition) is 9. The van der Waals surface area contributed by atoms with Crippen LogP contribution in [0, 0.1) is 34.0 Å². The summed E-state index contributed by atoms with van der Waals surface area (Å²) < 4.78 is 22.2. The summed E-state index contributed by atoms with van der Waals surface area (Å²) in [5.74, 6) is -3.31. The molecule has 0 amide bonds. The summed E-state index contributed by atoms with van der Waals surface area (Å²) in [4.78, 5) is 53.4. The van der Waals surface area contributed by atoms with E-state index < -0.39 is 57.7 Å². The number of methoxy groups -OCH3 is 1. The van der Waals surface area contributed by atoms with Crippen LogP contribution >= 0.6 is 0 Å². The number of esters is 3. The van der Waals surface area contributed by atoms with Gasteiger partial charge >= 0.3 is 17.9 Å². The summed E-state index contributed by atoms with van der Waals surface area (Å²) in [5, 5.41) is 12.4. The average molecular weight is 569 g/mol. The molecule has 9 nitrogen and oxygen atoms in total. The summed E-state index contributed by atoms with van der Waals surface area (Å²) >= 11 is 0. The smallest absolute Gasteiger partial charge is 0.333 e. The molecular formula is C32H40O9. The Morgan fingerprint density at radius 3 is 2.49 bits per heavy atom. The largest absolute Gasteiger partial charge is 0.472 e. The molecule has 8 atom stereocenters. The van der Waals surface area contributed by atoms with Gasteiger partial charge in [0.15, 0.2) is 11.4 Å². The molecule has 1 aromatic rings. The maximum atomic E-state index is 14.5. The lowest BCUT2D eigenvalue weighted by molar-refractivity contribution is -0.223. The standard InChI is InChI=1S/C32H40O9/c1-8-17(2)26(35)41-28-29(3,4)22(14-23(33)38-7)31(6)20-9-11-30(5)21(19(20)15-32(28,37)27(31)36)13-24(34)40-25(30)18-10-12-39-16-18/h8,10,12,15-16,20-22,25,28,37H,9,11,13-14H2,1-7H3/t20-,21+,22+,25+,28+,30-,31-,32+/m1/s1. The lowest BCUT2D eigenvalue weighted by Crippen LogP contribution is -2.74. The third-order valence-corrected chi connectivity index (χ3v) is 10.9. The molecule has 9 heteroatoms. The maximum Gasteiger partial charge on any atom is 0.333 e. The second-order valence-electron chi connectivity index (χ2n) is 13.3. The van der Waals surface area contributed by atoms with Crippen LogP contribution in [0.2, 0.25) is 0 Å². The van der Waals surface area contributed by atoms with Crippen LogP contribution in [-0.2, 0) is 33.4 Å². The van der Waals surface area contributed by atoms with Crippen molar-refractivity contribution in [2.45, 2.75) is 85.0 Å². The molecule has 0 unspecified atom stereocenters. The number of fused-ring (bicyclic) bond motifs is 6. The fraction of sp³-hybridized carbons (Fsp3) is 0.625. The minimum Gasteiger partial charge on any atom is -0.472 e. The summed E-state index contributed by atoms with van der Waals surface area (Å²) in [6.45, 7) is 10.9. The third-order valence-electron chi connectivity index (χ3n) is 10.9. The Morgan fingerprint density at radius 1 is 1.17 bits per heavy atom. The first-order valence-corrected chi connectivity index (χ1v) is 14.3. The van der Waals surface area contributed by atoms with Crippen molar-refractivity contribution in [3.05, 3.63) is 47.5 Å². The minimum absolute atomic E-state index is 0.0841. The first-order chi connectivity index (χ1) is 19.2. The molecule has 0 aromatic carbocycles. The van der Waals surface area contributed by atoms with Crippen LogP contribution in [-0.4, -0.2) is 47.6 Å². The van der Waals surface area contributed by atoms with Crippen LogP contribution in [0.3, 0.4) is 0 Å². The van der Waals surface area contributed by atoms with Crippen LogP contribution in [0.25, 0.3) is 0 Å². The zero-order valence-electron chi connectivity index (χ0n) is 24.8. The molecule has 1 aliphatic heterocycles. The van der Waals surface area contributed by atoms with Crippen molar-refractivity contribution in [2.75, 3.05) is 7.11 Å². The van der Waals surface area contributed by atoms with Gasteiger partial charge in [-0.3, -0.25) is 14.4 Å². The Morgan fingerprint density at radius 2 is 1.88 bits per heavy atom. The van der Waals surface area contributed by atoms with Crippen molar-refractivity contribution < 1.29 is 42.9 Å². The molecule has 3 fully saturated rings. The predicted octanol–water partition coefficient (Wildman–Crippen LogP) is 4.64. The normalized spacial score (nSPS) is 39.6. The van der Waals surface area contributed by atoms with Crippen LogP contribution in [0.4, 0.5) is 0 Å². The van der Waals surface area contributed by atoms with E-state index in [1.807, 2.05) is 20.8 Å². The van der Waals surface area contributed by atoms with E-state index in [9.17, 15) is 24.3 Å². The van der Waals surface area contributed by atoms with E-state index in [0.717, 1.165) is 11.1 Å². The number of rotatable bonds is 5. The summed E-state index contributed by atoms with van der Waals surface area (Å²) in [7, 11) is 1.30. The monoisotopic (exact) mass is 568 g/mol. The van der Waals surface area contributed by atoms with Crippen molar-refractivity contribution in [3.63, 3.8) is 0 Å². The fourth-order valence-corrected chi connectivity index (χ4v) is 8.60. The lowest BCUT2D eigenvalue weighted by Gasteiger charge is -2.65. The first-order valence-electron chi connectivity index (χ1n) is 14.3. The maximum absolute atomic E-state index is 14.5. The molecule has 0 radical (unpaired) electrons. The number of ketones is 1. The van der Waals surface area contributed by atoms with Crippen LogP contribution < -0.4 is 0 Å².